The maximum Gasteiger partial charge on any atom is 0.215 e. The first-order valence-corrected chi connectivity index (χ1v) is 6.55. The van der Waals surface area contributed by atoms with Crippen molar-refractivity contribution in [2.45, 2.75) is 25.3 Å². The van der Waals surface area contributed by atoms with E-state index in [4.69, 9.17) is 10.00 Å². The Morgan fingerprint density at radius 1 is 1.60 bits per heavy atom. The summed E-state index contributed by atoms with van der Waals surface area (Å²) in [5, 5.41) is 9.08. The van der Waals surface area contributed by atoms with Gasteiger partial charge in [0.2, 0.25) is 10.0 Å². The number of nitrogens with zero attached hydrogens (tertiary/aromatic N) is 2. The van der Waals surface area contributed by atoms with Gasteiger partial charge in [-0.25, -0.2) is 8.42 Å². The summed E-state index contributed by atoms with van der Waals surface area (Å²) in [5.41, 5.74) is -0.992. The molecule has 1 aliphatic rings. The molecule has 0 N–H and O–H groups in total. The van der Waals surface area contributed by atoms with Crippen LogP contribution in [0.2, 0.25) is 0 Å². The molecule has 1 saturated heterocycles. The molecule has 0 aromatic heterocycles. The third-order valence-corrected chi connectivity index (χ3v) is 4.80. The molecule has 1 aliphatic heterocycles. The molecule has 0 radical (unpaired) electrons. The van der Waals surface area contributed by atoms with Gasteiger partial charge in [-0.2, -0.15) is 9.57 Å². The molecule has 0 aliphatic carbocycles. The minimum atomic E-state index is -3.33. The van der Waals surface area contributed by atoms with Gasteiger partial charge in [0, 0.05) is 20.1 Å². The quantitative estimate of drug-likeness (QED) is 0.701. The molecule has 0 spiro atoms. The molecular formula is C9H16N2O3S. The topological polar surface area (TPSA) is 70.4 Å². The van der Waals surface area contributed by atoms with Crippen LogP contribution in [-0.4, -0.2) is 44.3 Å². The monoisotopic (exact) mass is 232 g/mol. The van der Waals surface area contributed by atoms with E-state index in [-0.39, 0.29) is 12.4 Å². The van der Waals surface area contributed by atoms with Crippen LogP contribution >= 0.6 is 0 Å². The van der Waals surface area contributed by atoms with E-state index in [9.17, 15) is 8.42 Å². The van der Waals surface area contributed by atoms with E-state index in [0.29, 0.717) is 19.4 Å². The lowest BCUT2D eigenvalue weighted by molar-refractivity contribution is 0.162. The van der Waals surface area contributed by atoms with E-state index in [1.807, 2.05) is 0 Å². The predicted octanol–water partition coefficient (Wildman–Crippen LogP) is 0.341. The van der Waals surface area contributed by atoms with Crippen LogP contribution in [0.4, 0.5) is 0 Å². The van der Waals surface area contributed by atoms with Crippen LogP contribution in [0.1, 0.15) is 19.8 Å². The molecule has 15 heavy (non-hydrogen) atoms. The molecule has 0 amide bonds. The van der Waals surface area contributed by atoms with Gasteiger partial charge in [-0.05, 0) is 6.42 Å². The van der Waals surface area contributed by atoms with E-state index in [2.05, 4.69) is 6.07 Å². The number of nitriles is 1. The summed E-state index contributed by atoms with van der Waals surface area (Å²) in [6, 6.07) is 2.06. The van der Waals surface area contributed by atoms with E-state index in [1.54, 1.807) is 6.92 Å². The largest absolute Gasteiger partial charge is 0.378 e. The number of rotatable bonds is 4. The molecule has 6 heteroatoms. The van der Waals surface area contributed by atoms with Crippen molar-refractivity contribution in [1.82, 2.24) is 4.31 Å². The fourth-order valence-corrected chi connectivity index (χ4v) is 3.13. The number of hydrogen-bond acceptors (Lipinski definition) is 4. The lowest BCUT2D eigenvalue weighted by Gasteiger charge is -2.29. The molecule has 0 unspecified atom stereocenters. The van der Waals surface area contributed by atoms with Crippen LogP contribution in [0.3, 0.4) is 0 Å². The third-order valence-electron chi connectivity index (χ3n) is 2.69. The van der Waals surface area contributed by atoms with Gasteiger partial charge in [-0.3, -0.25) is 0 Å². The third kappa shape index (κ3) is 2.30. The molecule has 0 saturated carbocycles. The van der Waals surface area contributed by atoms with Crippen molar-refractivity contribution < 1.29 is 13.2 Å². The zero-order chi connectivity index (χ0) is 11.5. The van der Waals surface area contributed by atoms with Gasteiger partial charge in [0.15, 0.2) is 0 Å². The normalized spacial score (nSPS) is 26.8. The van der Waals surface area contributed by atoms with Gasteiger partial charge in [-0.1, -0.05) is 6.92 Å². The second-order valence-electron chi connectivity index (χ2n) is 3.73. The van der Waals surface area contributed by atoms with E-state index in [0.717, 1.165) is 0 Å². The van der Waals surface area contributed by atoms with Gasteiger partial charge >= 0.3 is 0 Å². The van der Waals surface area contributed by atoms with Crippen molar-refractivity contribution in [1.29, 1.82) is 5.26 Å². The van der Waals surface area contributed by atoms with Crippen molar-refractivity contribution in [2.75, 3.05) is 26.0 Å². The predicted molar refractivity (Wildman–Crippen MR) is 55.6 cm³/mol. The van der Waals surface area contributed by atoms with Crippen LogP contribution in [0, 0.1) is 11.3 Å². The van der Waals surface area contributed by atoms with Crippen molar-refractivity contribution in [2.24, 2.45) is 0 Å². The molecule has 0 aromatic carbocycles. The van der Waals surface area contributed by atoms with Crippen molar-refractivity contribution in [3.8, 4) is 6.07 Å². The summed E-state index contributed by atoms with van der Waals surface area (Å²) >= 11 is 0. The zero-order valence-electron chi connectivity index (χ0n) is 9.06. The second-order valence-corrected chi connectivity index (χ2v) is 5.85. The number of sulfonamides is 1. The summed E-state index contributed by atoms with van der Waals surface area (Å²) in [4.78, 5) is 0. The SMILES string of the molecule is CCCS(=O)(=O)N(C)[C@]1(C#N)CCOC1. The first kappa shape index (κ1) is 12.4. The Kier molecular flexibility index (Phi) is 3.71. The fraction of sp³-hybridized carbons (Fsp3) is 0.889. The van der Waals surface area contributed by atoms with Crippen molar-refractivity contribution in [3.63, 3.8) is 0 Å². The van der Waals surface area contributed by atoms with Gasteiger partial charge in [0.25, 0.3) is 0 Å². The van der Waals surface area contributed by atoms with Crippen molar-refractivity contribution >= 4 is 10.0 Å². The maximum atomic E-state index is 11.8. The smallest absolute Gasteiger partial charge is 0.215 e. The Balaban J connectivity index is 2.92. The molecule has 1 rings (SSSR count). The summed E-state index contributed by atoms with van der Waals surface area (Å²) < 4.78 is 29.9. The lowest BCUT2D eigenvalue weighted by Crippen LogP contribution is -2.49. The Hall–Kier alpha value is -0.640. The van der Waals surface area contributed by atoms with E-state index in [1.165, 1.54) is 11.4 Å². The summed E-state index contributed by atoms with van der Waals surface area (Å²) in [6.07, 6.45) is 0.998. The maximum absolute atomic E-state index is 11.8. The van der Waals surface area contributed by atoms with E-state index >= 15 is 0 Å². The highest BCUT2D eigenvalue weighted by Gasteiger charge is 2.44. The molecular weight excluding hydrogens is 216 g/mol. The highest BCUT2D eigenvalue weighted by molar-refractivity contribution is 7.89. The van der Waals surface area contributed by atoms with Crippen LogP contribution in [0.15, 0.2) is 0 Å². The summed E-state index contributed by atoms with van der Waals surface area (Å²) in [6.45, 7) is 2.41. The van der Waals surface area contributed by atoms with Crippen LogP contribution in [0.5, 0.6) is 0 Å². The zero-order valence-corrected chi connectivity index (χ0v) is 9.88. The Labute approximate surface area is 90.7 Å². The Bertz CT molecular complexity index is 352. The summed E-state index contributed by atoms with van der Waals surface area (Å²) in [5.74, 6) is 0.0763. The summed E-state index contributed by atoms with van der Waals surface area (Å²) in [7, 11) is -1.87. The number of hydrogen-bond donors (Lipinski definition) is 0. The molecule has 5 nitrogen and oxygen atoms in total. The van der Waals surface area contributed by atoms with Gasteiger partial charge in [0.1, 0.15) is 5.54 Å². The first-order valence-electron chi connectivity index (χ1n) is 4.94. The minimum absolute atomic E-state index is 0.0763. The molecule has 1 heterocycles. The average Bonchev–Trinajstić information content (AvgIpc) is 2.66. The minimum Gasteiger partial charge on any atom is -0.378 e. The number of ether oxygens (including phenoxy) is 1. The molecule has 0 aromatic rings. The average molecular weight is 232 g/mol. The second kappa shape index (κ2) is 4.47. The van der Waals surface area contributed by atoms with Gasteiger partial charge in [0.05, 0.1) is 18.4 Å². The highest BCUT2D eigenvalue weighted by Crippen LogP contribution is 2.27. The van der Waals surface area contributed by atoms with Crippen molar-refractivity contribution in [3.05, 3.63) is 0 Å². The number of likely N-dealkylation sites (N-methyl/N-ethyl adjacent to an activating group) is 1. The van der Waals surface area contributed by atoms with Crippen LogP contribution in [-0.2, 0) is 14.8 Å². The molecule has 1 fully saturated rings. The Morgan fingerprint density at radius 2 is 2.27 bits per heavy atom. The van der Waals surface area contributed by atoms with Gasteiger partial charge in [-0.15, -0.1) is 0 Å². The Morgan fingerprint density at radius 3 is 2.67 bits per heavy atom. The molecule has 86 valence electrons. The van der Waals surface area contributed by atoms with E-state index < -0.39 is 15.6 Å². The van der Waals surface area contributed by atoms with Crippen LogP contribution < -0.4 is 0 Å². The lowest BCUT2D eigenvalue weighted by atomic mass is 10.0. The standard InChI is InChI=1S/C9H16N2O3S/c1-3-6-15(12,13)11(2)9(7-10)4-5-14-8-9/h3-6,8H2,1-2H3/t9-/m0/s1. The first-order chi connectivity index (χ1) is 6.98. The van der Waals surface area contributed by atoms with Gasteiger partial charge < -0.3 is 4.74 Å². The fourth-order valence-electron chi connectivity index (χ4n) is 1.62. The highest BCUT2D eigenvalue weighted by atomic mass is 32.2. The van der Waals surface area contributed by atoms with Crippen LogP contribution in [0.25, 0.3) is 0 Å². The molecule has 1 atom stereocenters. The molecule has 0 bridgehead atoms.